The molecule has 2 aromatic carbocycles. The van der Waals surface area contributed by atoms with Gasteiger partial charge in [0.1, 0.15) is 11.6 Å². The number of nitrogen functional groups attached to an aromatic ring is 1. The Morgan fingerprint density at radius 1 is 1.16 bits per heavy atom. The molecule has 2 aromatic rings. The van der Waals surface area contributed by atoms with Gasteiger partial charge in [-0.3, -0.25) is 0 Å². The van der Waals surface area contributed by atoms with E-state index in [4.69, 9.17) is 22.1 Å². The number of benzene rings is 2. The summed E-state index contributed by atoms with van der Waals surface area (Å²) in [5.41, 5.74) is 8.01. The molecule has 0 heterocycles. The molecule has 0 saturated carbocycles. The molecule has 19 heavy (non-hydrogen) atoms. The van der Waals surface area contributed by atoms with Gasteiger partial charge in [-0.05, 0) is 37.1 Å². The quantitative estimate of drug-likeness (QED) is 0.757. The second-order valence-electron chi connectivity index (χ2n) is 4.28. The molecule has 0 bridgehead atoms. The van der Waals surface area contributed by atoms with Crippen LogP contribution in [0, 0.1) is 19.7 Å². The van der Waals surface area contributed by atoms with E-state index < -0.39 is 5.82 Å². The predicted octanol–water partition coefficient (Wildman–Crippen LogP) is 5.23. The smallest absolute Gasteiger partial charge is 0.151 e. The topological polar surface area (TPSA) is 35.2 Å². The number of halogens is 3. The average molecular weight is 345 g/mol. The largest absolute Gasteiger partial charge is 0.455 e. The Balaban J connectivity index is 2.39. The van der Waals surface area contributed by atoms with Crippen LogP contribution in [-0.4, -0.2) is 0 Å². The Bertz CT molecular complexity index is 623. The van der Waals surface area contributed by atoms with E-state index in [2.05, 4.69) is 15.9 Å². The molecular weight excluding hydrogens is 333 g/mol. The Morgan fingerprint density at radius 3 is 2.32 bits per heavy atom. The molecule has 0 saturated heterocycles. The molecule has 0 radical (unpaired) electrons. The molecule has 0 unspecified atom stereocenters. The number of ether oxygens (including phenoxy) is 1. The van der Waals surface area contributed by atoms with E-state index in [0.717, 1.165) is 21.7 Å². The molecular formula is C14H12BrClFNO. The third-order valence-corrected chi connectivity index (χ3v) is 4.23. The van der Waals surface area contributed by atoms with E-state index in [9.17, 15) is 4.39 Å². The van der Waals surface area contributed by atoms with Crippen molar-refractivity contribution in [3.8, 4) is 11.5 Å². The molecule has 0 aliphatic carbocycles. The summed E-state index contributed by atoms with van der Waals surface area (Å²) in [7, 11) is 0. The Hall–Kier alpha value is -1.26. The van der Waals surface area contributed by atoms with Crippen LogP contribution in [0.3, 0.4) is 0 Å². The summed E-state index contributed by atoms with van der Waals surface area (Å²) in [6.07, 6.45) is 0. The van der Waals surface area contributed by atoms with E-state index >= 15 is 0 Å². The van der Waals surface area contributed by atoms with Crippen molar-refractivity contribution >= 4 is 33.2 Å². The lowest BCUT2D eigenvalue weighted by molar-refractivity contribution is 0.482. The summed E-state index contributed by atoms with van der Waals surface area (Å²) >= 11 is 9.21. The third kappa shape index (κ3) is 3.01. The van der Waals surface area contributed by atoms with Crippen LogP contribution in [0.2, 0.25) is 5.02 Å². The molecule has 2 nitrogen and oxygen atoms in total. The highest BCUT2D eigenvalue weighted by atomic mass is 79.9. The first kappa shape index (κ1) is 14.2. The van der Waals surface area contributed by atoms with Crippen molar-refractivity contribution in [3.05, 3.63) is 50.7 Å². The molecule has 2 N–H and O–H groups in total. The van der Waals surface area contributed by atoms with Crippen LogP contribution in [-0.2, 0) is 0 Å². The summed E-state index contributed by atoms with van der Waals surface area (Å²) < 4.78 is 19.9. The molecule has 0 amide bonds. The third-order valence-electron chi connectivity index (χ3n) is 2.69. The van der Waals surface area contributed by atoms with E-state index in [1.54, 1.807) is 0 Å². The molecule has 0 aromatic heterocycles. The van der Waals surface area contributed by atoms with Crippen molar-refractivity contribution in [1.82, 2.24) is 0 Å². The minimum Gasteiger partial charge on any atom is -0.455 e. The zero-order valence-electron chi connectivity index (χ0n) is 10.4. The van der Waals surface area contributed by atoms with Crippen molar-refractivity contribution in [1.29, 1.82) is 0 Å². The molecule has 0 fully saturated rings. The Morgan fingerprint density at radius 2 is 1.74 bits per heavy atom. The monoisotopic (exact) mass is 343 g/mol. The van der Waals surface area contributed by atoms with Gasteiger partial charge >= 0.3 is 0 Å². The number of hydrogen-bond acceptors (Lipinski definition) is 2. The summed E-state index contributed by atoms with van der Waals surface area (Å²) in [4.78, 5) is 0. The molecule has 2 rings (SSSR count). The molecule has 0 spiro atoms. The van der Waals surface area contributed by atoms with Crippen molar-refractivity contribution in [2.75, 3.05) is 5.73 Å². The normalized spacial score (nSPS) is 10.6. The van der Waals surface area contributed by atoms with E-state index in [0.29, 0.717) is 11.5 Å². The maximum atomic E-state index is 13.2. The summed E-state index contributed by atoms with van der Waals surface area (Å²) in [5.74, 6) is 0.412. The maximum Gasteiger partial charge on any atom is 0.151 e. The van der Waals surface area contributed by atoms with Crippen molar-refractivity contribution < 1.29 is 9.13 Å². The van der Waals surface area contributed by atoms with Gasteiger partial charge in [0.2, 0.25) is 0 Å². The SMILES string of the molecule is Cc1cc(Oc2cc(Cl)c(F)cc2N)cc(C)c1Br. The van der Waals surface area contributed by atoms with Crippen LogP contribution in [0.4, 0.5) is 10.1 Å². The van der Waals surface area contributed by atoms with Gasteiger partial charge in [0.25, 0.3) is 0 Å². The number of anilines is 1. The molecule has 0 aliphatic heterocycles. The van der Waals surface area contributed by atoms with Crippen molar-refractivity contribution in [3.63, 3.8) is 0 Å². The first-order valence-electron chi connectivity index (χ1n) is 5.57. The van der Waals surface area contributed by atoms with Crippen LogP contribution in [0.1, 0.15) is 11.1 Å². The van der Waals surface area contributed by atoms with Crippen LogP contribution >= 0.6 is 27.5 Å². The lowest BCUT2D eigenvalue weighted by Gasteiger charge is -2.12. The lowest BCUT2D eigenvalue weighted by Crippen LogP contribution is -1.95. The molecule has 0 atom stereocenters. The van der Waals surface area contributed by atoms with Gasteiger partial charge in [0.15, 0.2) is 5.75 Å². The van der Waals surface area contributed by atoms with Gasteiger partial charge < -0.3 is 10.5 Å². The van der Waals surface area contributed by atoms with E-state index in [1.165, 1.54) is 6.07 Å². The Kier molecular flexibility index (Phi) is 4.02. The molecule has 0 aliphatic rings. The number of rotatable bonds is 2. The fourth-order valence-electron chi connectivity index (χ4n) is 1.72. The minimum absolute atomic E-state index is 0.0187. The zero-order chi connectivity index (χ0) is 14.2. The number of nitrogens with two attached hydrogens (primary N) is 1. The van der Waals surface area contributed by atoms with Crippen LogP contribution in [0.5, 0.6) is 11.5 Å². The standard InChI is InChI=1S/C14H12BrClFNO/c1-7-3-9(4-8(2)14(7)15)19-13-5-10(16)11(17)6-12(13)18/h3-6H,18H2,1-2H3. The molecule has 100 valence electrons. The lowest BCUT2D eigenvalue weighted by atomic mass is 10.1. The zero-order valence-corrected chi connectivity index (χ0v) is 12.8. The van der Waals surface area contributed by atoms with Crippen LogP contribution in [0.25, 0.3) is 0 Å². The highest BCUT2D eigenvalue weighted by Gasteiger charge is 2.10. The van der Waals surface area contributed by atoms with Crippen molar-refractivity contribution in [2.24, 2.45) is 0 Å². The summed E-state index contributed by atoms with van der Waals surface area (Å²) in [6.45, 7) is 3.93. The van der Waals surface area contributed by atoms with Gasteiger partial charge in [0.05, 0.1) is 10.7 Å². The minimum atomic E-state index is -0.560. The van der Waals surface area contributed by atoms with Crippen molar-refractivity contribution in [2.45, 2.75) is 13.8 Å². The number of aryl methyl sites for hydroxylation is 2. The first-order valence-corrected chi connectivity index (χ1v) is 6.74. The fraction of sp³-hybridized carbons (Fsp3) is 0.143. The van der Waals surface area contributed by atoms with Crippen LogP contribution < -0.4 is 10.5 Å². The van der Waals surface area contributed by atoms with Crippen LogP contribution in [0.15, 0.2) is 28.7 Å². The second-order valence-corrected chi connectivity index (χ2v) is 5.48. The fourth-order valence-corrected chi connectivity index (χ4v) is 2.11. The van der Waals surface area contributed by atoms with E-state index in [1.807, 2.05) is 26.0 Å². The summed E-state index contributed by atoms with van der Waals surface area (Å²) in [6, 6.07) is 6.26. The highest BCUT2D eigenvalue weighted by Crippen LogP contribution is 2.34. The first-order chi connectivity index (χ1) is 8.88. The van der Waals surface area contributed by atoms with Gasteiger partial charge in [0, 0.05) is 16.6 Å². The highest BCUT2D eigenvalue weighted by molar-refractivity contribution is 9.10. The van der Waals surface area contributed by atoms with Gasteiger partial charge in [-0.1, -0.05) is 27.5 Å². The maximum absolute atomic E-state index is 13.2. The van der Waals surface area contributed by atoms with E-state index in [-0.39, 0.29) is 10.7 Å². The van der Waals surface area contributed by atoms with Gasteiger partial charge in [-0.25, -0.2) is 4.39 Å². The summed E-state index contributed by atoms with van der Waals surface area (Å²) in [5, 5.41) is -0.0187. The number of hydrogen-bond donors (Lipinski definition) is 1. The van der Waals surface area contributed by atoms with Gasteiger partial charge in [-0.2, -0.15) is 0 Å². The Labute approximate surface area is 124 Å². The van der Waals surface area contributed by atoms with Gasteiger partial charge in [-0.15, -0.1) is 0 Å². The molecule has 5 heteroatoms. The predicted molar refractivity (Wildman–Crippen MR) is 79.5 cm³/mol. The second kappa shape index (κ2) is 5.39. The average Bonchev–Trinajstić information content (AvgIpc) is 2.33.